The summed E-state index contributed by atoms with van der Waals surface area (Å²) < 4.78 is 30.8. The van der Waals surface area contributed by atoms with Gasteiger partial charge in [0.1, 0.15) is 29.8 Å². The molecule has 2 aliphatic heterocycles. The van der Waals surface area contributed by atoms with Gasteiger partial charge in [0.15, 0.2) is 5.76 Å². The number of halogens is 1. The van der Waals surface area contributed by atoms with E-state index in [0.29, 0.717) is 30.2 Å². The summed E-state index contributed by atoms with van der Waals surface area (Å²) in [4.78, 5) is 15.3. The first-order valence-electron chi connectivity index (χ1n) is 10.9. The highest BCUT2D eigenvalue weighted by molar-refractivity contribution is 6.15. The van der Waals surface area contributed by atoms with Crippen molar-refractivity contribution in [3.63, 3.8) is 0 Å². The van der Waals surface area contributed by atoms with Gasteiger partial charge in [-0.2, -0.15) is 0 Å². The van der Waals surface area contributed by atoms with Crippen molar-refractivity contribution in [2.75, 3.05) is 20.4 Å². The van der Waals surface area contributed by atoms with E-state index < -0.39 is 0 Å². The van der Waals surface area contributed by atoms with E-state index in [0.717, 1.165) is 41.2 Å². The average Bonchev–Trinajstić information content (AvgIpc) is 3.16. The number of hydrogen-bond donors (Lipinski definition) is 0. The Morgan fingerprint density at radius 3 is 2.73 bits per heavy atom. The van der Waals surface area contributed by atoms with Crippen LogP contribution in [0.1, 0.15) is 32.6 Å². The Morgan fingerprint density at radius 2 is 1.94 bits per heavy atom. The lowest BCUT2D eigenvalue weighted by atomic mass is 9.98. The minimum atomic E-state index is -0.325. The number of Topliss-reactive ketones (excluding diaryl/α,β-unsaturated/α-hetero) is 1. The monoisotopic (exact) mass is 445 g/mol. The second-order valence-corrected chi connectivity index (χ2v) is 8.25. The van der Waals surface area contributed by atoms with Crippen LogP contribution in [-0.4, -0.2) is 31.1 Å². The molecule has 0 radical (unpaired) electrons. The maximum Gasteiger partial charge on any atom is 0.232 e. The van der Waals surface area contributed by atoms with Crippen molar-refractivity contribution >= 4 is 11.9 Å². The van der Waals surface area contributed by atoms with Gasteiger partial charge in [-0.3, -0.25) is 9.69 Å². The second kappa shape index (κ2) is 8.71. The Kier molecular flexibility index (Phi) is 5.60. The lowest BCUT2D eigenvalue weighted by Gasteiger charge is -2.30. The van der Waals surface area contributed by atoms with Crippen LogP contribution in [0.4, 0.5) is 4.39 Å². The molecule has 3 aromatic rings. The molecule has 2 heterocycles. The molecule has 2 aliphatic rings. The Morgan fingerprint density at radius 1 is 1.15 bits per heavy atom. The van der Waals surface area contributed by atoms with Crippen LogP contribution in [-0.2, 0) is 13.0 Å². The van der Waals surface area contributed by atoms with Crippen LogP contribution in [0.25, 0.3) is 6.08 Å². The van der Waals surface area contributed by atoms with E-state index in [9.17, 15) is 9.18 Å². The highest BCUT2D eigenvalue weighted by atomic mass is 19.1. The number of carbonyl (C=O) groups excluding carboxylic acids is 1. The van der Waals surface area contributed by atoms with E-state index >= 15 is 0 Å². The summed E-state index contributed by atoms with van der Waals surface area (Å²) in [5, 5.41) is 0. The van der Waals surface area contributed by atoms with E-state index in [-0.39, 0.29) is 17.4 Å². The fourth-order valence-electron chi connectivity index (χ4n) is 4.32. The van der Waals surface area contributed by atoms with Gasteiger partial charge in [-0.05, 0) is 60.4 Å². The summed E-state index contributed by atoms with van der Waals surface area (Å²) in [6.07, 6.45) is 2.46. The zero-order chi connectivity index (χ0) is 22.9. The molecule has 33 heavy (non-hydrogen) atoms. The molecule has 0 amide bonds. The molecule has 0 N–H and O–H groups in total. The summed E-state index contributed by atoms with van der Waals surface area (Å²) in [5.41, 5.74) is 4.10. The number of nitrogens with zero attached hydrogens (tertiary/aromatic N) is 1. The number of methoxy groups -OCH3 is 1. The van der Waals surface area contributed by atoms with Gasteiger partial charge in [-0.1, -0.05) is 30.3 Å². The van der Waals surface area contributed by atoms with Crippen molar-refractivity contribution in [2.24, 2.45) is 0 Å². The largest absolute Gasteiger partial charge is 0.496 e. The third kappa shape index (κ3) is 4.10. The highest BCUT2D eigenvalue weighted by Crippen LogP contribution is 2.44. The molecular weight excluding hydrogens is 421 g/mol. The van der Waals surface area contributed by atoms with Crippen LogP contribution >= 0.6 is 0 Å². The first kappa shape index (κ1) is 21.2. The predicted octanol–water partition coefficient (Wildman–Crippen LogP) is 5.15. The molecule has 168 valence electrons. The third-order valence-electron chi connectivity index (χ3n) is 6.05. The van der Waals surface area contributed by atoms with Crippen LogP contribution in [0.5, 0.6) is 17.2 Å². The van der Waals surface area contributed by atoms with Crippen molar-refractivity contribution in [2.45, 2.75) is 19.9 Å². The number of carbonyl (C=O) groups is 1. The van der Waals surface area contributed by atoms with Gasteiger partial charge < -0.3 is 14.2 Å². The number of allylic oxidation sites excluding steroid dienone is 1. The van der Waals surface area contributed by atoms with Crippen LogP contribution in [0.2, 0.25) is 0 Å². The number of rotatable bonds is 5. The van der Waals surface area contributed by atoms with Crippen LogP contribution < -0.4 is 14.2 Å². The number of hydrogen-bond acceptors (Lipinski definition) is 5. The molecule has 5 nitrogen and oxygen atoms in total. The number of aryl methyl sites for hydroxylation is 1. The van der Waals surface area contributed by atoms with Crippen molar-refractivity contribution < 1.29 is 23.4 Å². The van der Waals surface area contributed by atoms with Crippen molar-refractivity contribution in [1.82, 2.24) is 4.90 Å². The van der Waals surface area contributed by atoms with E-state index in [2.05, 4.69) is 11.0 Å². The summed E-state index contributed by atoms with van der Waals surface area (Å²) in [6.45, 7) is 3.74. The number of ketones is 1. The highest BCUT2D eigenvalue weighted by Gasteiger charge is 2.35. The van der Waals surface area contributed by atoms with Crippen LogP contribution in [0, 0.1) is 12.7 Å². The third-order valence-corrected chi connectivity index (χ3v) is 6.05. The molecule has 5 rings (SSSR count). The van der Waals surface area contributed by atoms with Crippen molar-refractivity contribution in [3.05, 3.63) is 94.0 Å². The minimum Gasteiger partial charge on any atom is -0.496 e. The summed E-state index contributed by atoms with van der Waals surface area (Å²) in [7, 11) is 1.68. The number of fused-ring (bicyclic) bond motifs is 3. The maximum atomic E-state index is 13.2. The quantitative estimate of drug-likeness (QED) is 0.508. The molecule has 0 aromatic heterocycles. The van der Waals surface area contributed by atoms with Gasteiger partial charge in [0.05, 0.1) is 18.2 Å². The predicted molar refractivity (Wildman–Crippen MR) is 123 cm³/mol. The Labute approximate surface area is 192 Å². The maximum absolute atomic E-state index is 13.2. The molecule has 3 aromatic carbocycles. The fraction of sp³-hybridized carbons (Fsp3) is 0.222. The Hall–Kier alpha value is -3.64. The molecule has 0 saturated carbocycles. The standard InChI is InChI=1S/C27H24FNO4/c1-17-13-23-21(15-29(16-32-23)12-11-19-5-3-4-6-22(19)31-2)27-25(17)26(30)24(33-27)14-18-7-9-20(28)10-8-18/h3-10,13-14H,11-12,15-16H2,1-2H3/b24-14-. The van der Waals surface area contributed by atoms with E-state index in [4.69, 9.17) is 14.2 Å². The topological polar surface area (TPSA) is 48.0 Å². The van der Waals surface area contributed by atoms with Crippen LogP contribution in [0.15, 0.2) is 60.4 Å². The second-order valence-electron chi connectivity index (χ2n) is 8.25. The van der Waals surface area contributed by atoms with E-state index in [1.54, 1.807) is 25.3 Å². The number of para-hydroxylation sites is 1. The lowest BCUT2D eigenvalue weighted by Crippen LogP contribution is -2.34. The molecular formula is C27H24FNO4. The smallest absolute Gasteiger partial charge is 0.232 e. The fourth-order valence-corrected chi connectivity index (χ4v) is 4.32. The zero-order valence-corrected chi connectivity index (χ0v) is 18.6. The minimum absolute atomic E-state index is 0.166. The lowest BCUT2D eigenvalue weighted by molar-refractivity contribution is 0.0947. The number of ether oxygens (including phenoxy) is 3. The first-order valence-corrected chi connectivity index (χ1v) is 10.9. The molecule has 0 spiro atoms. The van der Waals surface area contributed by atoms with Crippen molar-refractivity contribution in [3.8, 4) is 17.2 Å². The molecule has 0 unspecified atom stereocenters. The summed E-state index contributed by atoms with van der Waals surface area (Å²) >= 11 is 0. The van der Waals surface area contributed by atoms with Gasteiger partial charge >= 0.3 is 0 Å². The van der Waals surface area contributed by atoms with Crippen molar-refractivity contribution in [1.29, 1.82) is 0 Å². The van der Waals surface area contributed by atoms with Gasteiger partial charge in [0.25, 0.3) is 0 Å². The molecule has 0 aliphatic carbocycles. The molecule has 6 heteroatoms. The van der Waals surface area contributed by atoms with Gasteiger partial charge in [-0.25, -0.2) is 4.39 Å². The Bertz CT molecular complexity index is 1250. The number of benzene rings is 3. The molecule has 0 saturated heterocycles. The van der Waals surface area contributed by atoms with E-state index in [1.165, 1.54) is 12.1 Å². The van der Waals surface area contributed by atoms with Gasteiger partial charge in [0, 0.05) is 13.1 Å². The summed E-state index contributed by atoms with van der Waals surface area (Å²) in [6, 6.07) is 15.9. The zero-order valence-electron chi connectivity index (χ0n) is 18.6. The Balaban J connectivity index is 1.39. The van der Waals surface area contributed by atoms with Gasteiger partial charge in [-0.15, -0.1) is 0 Å². The molecule has 0 bridgehead atoms. The van der Waals surface area contributed by atoms with Crippen LogP contribution in [0.3, 0.4) is 0 Å². The normalized spacial score (nSPS) is 16.2. The van der Waals surface area contributed by atoms with E-state index in [1.807, 2.05) is 31.2 Å². The first-order chi connectivity index (χ1) is 16.0. The SMILES string of the molecule is COc1ccccc1CCN1COc2cc(C)c3c(c2C1)O/C(=C\c1ccc(F)cc1)C3=O. The molecule has 0 fully saturated rings. The van der Waals surface area contributed by atoms with Gasteiger partial charge in [0.2, 0.25) is 5.78 Å². The summed E-state index contributed by atoms with van der Waals surface area (Å²) in [5.74, 6) is 1.92. The molecule has 0 atom stereocenters. The average molecular weight is 445 g/mol.